The summed E-state index contributed by atoms with van der Waals surface area (Å²) in [5.74, 6) is 0.534. The molecule has 1 atom stereocenters. The molecule has 1 unspecified atom stereocenters. The molecular weight excluding hydrogens is 250 g/mol. The van der Waals surface area contributed by atoms with Crippen molar-refractivity contribution in [2.45, 2.75) is 59.0 Å². The fourth-order valence-electron chi connectivity index (χ4n) is 2.69. The van der Waals surface area contributed by atoms with Gasteiger partial charge in [-0.3, -0.25) is 0 Å². The first-order valence-corrected chi connectivity index (χ1v) is 7.48. The molecule has 20 heavy (non-hydrogen) atoms. The summed E-state index contributed by atoms with van der Waals surface area (Å²) in [7, 11) is 0. The molecule has 0 bridgehead atoms. The van der Waals surface area contributed by atoms with Crippen LogP contribution in [0.15, 0.2) is 24.3 Å². The van der Waals surface area contributed by atoms with E-state index in [4.69, 9.17) is 10.5 Å². The number of carbonyl (C=O) groups excluding carboxylic acids is 1. The normalized spacial score (nSPS) is 16.8. The van der Waals surface area contributed by atoms with Gasteiger partial charge in [-0.25, -0.2) is 4.79 Å². The molecule has 2 N–H and O–H groups in total. The molecule has 1 aliphatic rings. The van der Waals surface area contributed by atoms with Gasteiger partial charge in [0.2, 0.25) is 0 Å². The van der Waals surface area contributed by atoms with E-state index in [1.807, 2.05) is 6.92 Å². The molecule has 3 heteroatoms. The minimum Gasteiger partial charge on any atom is -0.446 e. The highest BCUT2D eigenvalue weighted by Crippen LogP contribution is 2.27. The van der Waals surface area contributed by atoms with E-state index in [9.17, 15) is 4.79 Å². The van der Waals surface area contributed by atoms with Gasteiger partial charge in [0, 0.05) is 0 Å². The minimum atomic E-state index is -0.645. The van der Waals surface area contributed by atoms with Gasteiger partial charge < -0.3 is 10.5 Å². The first-order valence-electron chi connectivity index (χ1n) is 7.48. The van der Waals surface area contributed by atoms with Crippen molar-refractivity contribution < 1.29 is 9.53 Å². The highest BCUT2D eigenvalue weighted by molar-refractivity contribution is 5.64. The zero-order valence-electron chi connectivity index (χ0n) is 12.9. The maximum Gasteiger partial charge on any atom is 0.404 e. The van der Waals surface area contributed by atoms with Gasteiger partial charge in [0.05, 0.1) is 0 Å². The molecule has 0 heterocycles. The van der Waals surface area contributed by atoms with Gasteiger partial charge in [-0.1, -0.05) is 54.7 Å². The van der Waals surface area contributed by atoms with E-state index in [2.05, 4.69) is 38.1 Å². The van der Waals surface area contributed by atoms with Gasteiger partial charge >= 0.3 is 6.09 Å². The summed E-state index contributed by atoms with van der Waals surface area (Å²) >= 11 is 0. The summed E-state index contributed by atoms with van der Waals surface area (Å²) in [6.07, 6.45) is 5.55. The van der Waals surface area contributed by atoms with E-state index in [-0.39, 0.29) is 6.10 Å². The predicted octanol–water partition coefficient (Wildman–Crippen LogP) is 4.35. The molecule has 0 aliphatic heterocycles. The summed E-state index contributed by atoms with van der Waals surface area (Å²) in [4.78, 5) is 10.5. The number of primary amides is 1. The molecule has 1 saturated carbocycles. The fraction of sp³-hybridized carbons (Fsp3) is 0.588. The summed E-state index contributed by atoms with van der Waals surface area (Å²) < 4.78 is 4.93. The molecule has 1 aromatic rings. The van der Waals surface area contributed by atoms with Crippen LogP contribution >= 0.6 is 0 Å². The van der Waals surface area contributed by atoms with Crippen LogP contribution in [0.2, 0.25) is 0 Å². The molecule has 0 radical (unpaired) electrons. The van der Waals surface area contributed by atoms with Crippen molar-refractivity contribution in [2.75, 3.05) is 0 Å². The van der Waals surface area contributed by atoms with E-state index in [1.54, 1.807) is 0 Å². The molecular formula is C17H27NO2. The summed E-state index contributed by atoms with van der Waals surface area (Å²) in [5.41, 5.74) is 7.61. The van der Waals surface area contributed by atoms with Gasteiger partial charge in [-0.05, 0) is 39.5 Å². The van der Waals surface area contributed by atoms with Crippen LogP contribution in [0, 0.1) is 19.8 Å². The largest absolute Gasteiger partial charge is 0.446 e. The van der Waals surface area contributed by atoms with Gasteiger partial charge in [-0.2, -0.15) is 0 Å². The summed E-state index contributed by atoms with van der Waals surface area (Å²) in [6, 6.07) is 8.45. The lowest BCUT2D eigenvalue weighted by molar-refractivity contribution is 0.0660. The van der Waals surface area contributed by atoms with Crippen molar-refractivity contribution in [3.63, 3.8) is 0 Å². The fourth-order valence-corrected chi connectivity index (χ4v) is 2.69. The molecule has 0 aromatic heterocycles. The monoisotopic (exact) mass is 277 g/mol. The number of amides is 1. The van der Waals surface area contributed by atoms with Crippen LogP contribution in [0.1, 0.15) is 50.2 Å². The number of aryl methyl sites for hydroxylation is 2. The van der Waals surface area contributed by atoms with E-state index in [0.717, 1.165) is 0 Å². The summed E-state index contributed by atoms with van der Waals surface area (Å²) in [6.45, 7) is 6.14. The smallest absolute Gasteiger partial charge is 0.404 e. The Kier molecular flexibility index (Phi) is 7.13. The molecule has 1 aliphatic carbocycles. The molecule has 0 spiro atoms. The van der Waals surface area contributed by atoms with Gasteiger partial charge in [-0.15, -0.1) is 0 Å². The first kappa shape index (κ1) is 16.5. The molecule has 112 valence electrons. The second kappa shape index (κ2) is 8.62. The topological polar surface area (TPSA) is 52.3 Å². The van der Waals surface area contributed by atoms with Gasteiger partial charge in [0.25, 0.3) is 0 Å². The quantitative estimate of drug-likeness (QED) is 0.873. The Labute approximate surface area is 122 Å². The second-order valence-corrected chi connectivity index (χ2v) is 5.70. The third-order valence-electron chi connectivity index (χ3n) is 3.79. The molecule has 2 rings (SSSR count). The molecule has 1 amide bonds. The average molecular weight is 277 g/mol. The van der Waals surface area contributed by atoms with E-state index in [0.29, 0.717) is 5.92 Å². The van der Waals surface area contributed by atoms with Crippen LogP contribution in [-0.2, 0) is 4.74 Å². The highest BCUT2D eigenvalue weighted by Gasteiger charge is 2.21. The first-order chi connectivity index (χ1) is 9.49. The van der Waals surface area contributed by atoms with Crippen molar-refractivity contribution in [2.24, 2.45) is 11.7 Å². The van der Waals surface area contributed by atoms with E-state index in [1.165, 1.54) is 43.2 Å². The number of carbonyl (C=O) groups is 1. The second-order valence-electron chi connectivity index (χ2n) is 5.70. The predicted molar refractivity (Wildman–Crippen MR) is 82.6 cm³/mol. The molecule has 0 saturated heterocycles. The van der Waals surface area contributed by atoms with Crippen molar-refractivity contribution in [3.05, 3.63) is 35.4 Å². The number of nitrogens with two attached hydrogens (primary N) is 1. The SMILES string of the molecule is CC(OC(N)=O)C1CCCCC1.Cc1cccc(C)c1. The number of hydrogen-bond donors (Lipinski definition) is 1. The highest BCUT2D eigenvalue weighted by atomic mass is 16.6. The van der Waals surface area contributed by atoms with Crippen LogP contribution < -0.4 is 5.73 Å². The Hall–Kier alpha value is -1.51. The Morgan fingerprint density at radius 3 is 2.15 bits per heavy atom. The number of rotatable bonds is 2. The molecule has 1 fully saturated rings. The standard InChI is InChI=1S/C9H17NO2.C8H10/c1-7(12-9(10)11)8-5-3-2-4-6-8;1-7-4-3-5-8(2)6-7/h7-8H,2-6H2,1H3,(H2,10,11);3-6H,1-2H3. The van der Waals surface area contributed by atoms with Gasteiger partial charge in [0.15, 0.2) is 0 Å². The average Bonchev–Trinajstić information content (AvgIpc) is 2.39. The zero-order chi connectivity index (χ0) is 15.0. The van der Waals surface area contributed by atoms with Crippen LogP contribution in [-0.4, -0.2) is 12.2 Å². The lowest BCUT2D eigenvalue weighted by Gasteiger charge is -2.26. The maximum atomic E-state index is 10.5. The Morgan fingerprint density at radius 1 is 1.20 bits per heavy atom. The van der Waals surface area contributed by atoms with Crippen LogP contribution in [0.3, 0.4) is 0 Å². The summed E-state index contributed by atoms with van der Waals surface area (Å²) in [5, 5.41) is 0. The van der Waals surface area contributed by atoms with Crippen molar-refractivity contribution in [1.82, 2.24) is 0 Å². The third kappa shape index (κ3) is 6.60. The minimum absolute atomic E-state index is 0.00259. The Balaban J connectivity index is 0.000000217. The third-order valence-corrected chi connectivity index (χ3v) is 3.79. The Morgan fingerprint density at radius 2 is 1.75 bits per heavy atom. The lowest BCUT2D eigenvalue weighted by Crippen LogP contribution is -2.28. The molecule has 1 aromatic carbocycles. The van der Waals surface area contributed by atoms with Crippen molar-refractivity contribution >= 4 is 6.09 Å². The van der Waals surface area contributed by atoms with E-state index >= 15 is 0 Å². The molecule has 3 nitrogen and oxygen atoms in total. The maximum absolute atomic E-state index is 10.5. The van der Waals surface area contributed by atoms with Crippen LogP contribution in [0.25, 0.3) is 0 Å². The van der Waals surface area contributed by atoms with Crippen molar-refractivity contribution in [1.29, 1.82) is 0 Å². The van der Waals surface area contributed by atoms with Crippen molar-refractivity contribution in [3.8, 4) is 0 Å². The zero-order valence-corrected chi connectivity index (χ0v) is 12.9. The van der Waals surface area contributed by atoms with Crippen LogP contribution in [0.4, 0.5) is 4.79 Å². The number of benzene rings is 1. The lowest BCUT2D eigenvalue weighted by atomic mass is 9.86. The van der Waals surface area contributed by atoms with E-state index < -0.39 is 6.09 Å². The number of hydrogen-bond acceptors (Lipinski definition) is 2. The Bertz CT molecular complexity index is 394. The van der Waals surface area contributed by atoms with Crippen LogP contribution in [0.5, 0.6) is 0 Å². The number of ether oxygens (including phenoxy) is 1. The van der Waals surface area contributed by atoms with Gasteiger partial charge in [0.1, 0.15) is 6.10 Å².